The first-order valence-electron chi connectivity index (χ1n) is 5.72. The molecule has 0 amide bonds. The first kappa shape index (κ1) is 11.8. The minimum atomic E-state index is 0.175. The van der Waals surface area contributed by atoms with E-state index < -0.39 is 0 Å². The number of benzene rings is 1. The predicted molar refractivity (Wildman–Crippen MR) is 68.4 cm³/mol. The van der Waals surface area contributed by atoms with Gasteiger partial charge in [-0.05, 0) is 37.8 Å². The smallest absolute Gasteiger partial charge is 0.165 e. The standard InChI is InChI=1S/C13H16BrNO/c14-11-3-1-2-10(8-11)13(16)9-4-6-12(15)7-5-9/h1-3,8-9,12H,4-7,15H2. The van der Waals surface area contributed by atoms with E-state index in [2.05, 4.69) is 15.9 Å². The minimum Gasteiger partial charge on any atom is -0.328 e. The van der Waals surface area contributed by atoms with Crippen molar-refractivity contribution in [3.05, 3.63) is 34.3 Å². The summed E-state index contributed by atoms with van der Waals surface area (Å²) in [4.78, 5) is 12.2. The molecule has 2 rings (SSSR count). The molecule has 0 spiro atoms. The Balaban J connectivity index is 2.08. The van der Waals surface area contributed by atoms with Crippen LogP contribution >= 0.6 is 15.9 Å². The molecule has 0 atom stereocenters. The Bertz CT molecular complexity index is 383. The molecule has 0 radical (unpaired) electrons. The molecule has 0 saturated heterocycles. The molecule has 1 fully saturated rings. The number of carbonyl (C=O) groups is 1. The SMILES string of the molecule is NC1CCC(C(=O)c2cccc(Br)c2)CC1. The lowest BCUT2D eigenvalue weighted by Crippen LogP contribution is -2.29. The third kappa shape index (κ3) is 2.71. The van der Waals surface area contributed by atoms with Gasteiger partial charge in [-0.15, -0.1) is 0 Å². The molecule has 1 aliphatic rings. The number of nitrogens with two attached hydrogens (primary N) is 1. The van der Waals surface area contributed by atoms with Crippen LogP contribution in [-0.2, 0) is 0 Å². The number of hydrogen-bond donors (Lipinski definition) is 1. The van der Waals surface area contributed by atoms with Gasteiger partial charge in [0.25, 0.3) is 0 Å². The fourth-order valence-electron chi connectivity index (χ4n) is 2.26. The zero-order valence-corrected chi connectivity index (χ0v) is 10.7. The number of carbonyl (C=O) groups excluding carboxylic acids is 1. The molecular weight excluding hydrogens is 266 g/mol. The maximum Gasteiger partial charge on any atom is 0.165 e. The van der Waals surface area contributed by atoms with Crippen LogP contribution in [0.4, 0.5) is 0 Å². The summed E-state index contributed by atoms with van der Waals surface area (Å²) < 4.78 is 0.964. The van der Waals surface area contributed by atoms with Crippen LogP contribution in [0.2, 0.25) is 0 Å². The van der Waals surface area contributed by atoms with Crippen molar-refractivity contribution in [3.63, 3.8) is 0 Å². The van der Waals surface area contributed by atoms with E-state index in [0.717, 1.165) is 35.7 Å². The van der Waals surface area contributed by atoms with Gasteiger partial charge >= 0.3 is 0 Å². The van der Waals surface area contributed by atoms with Gasteiger partial charge < -0.3 is 5.73 Å². The Kier molecular flexibility index (Phi) is 3.77. The molecule has 86 valence electrons. The highest BCUT2D eigenvalue weighted by Crippen LogP contribution is 2.27. The average molecular weight is 282 g/mol. The zero-order chi connectivity index (χ0) is 11.5. The van der Waals surface area contributed by atoms with Crippen molar-refractivity contribution in [2.24, 2.45) is 11.7 Å². The van der Waals surface area contributed by atoms with Gasteiger partial charge in [0.1, 0.15) is 0 Å². The lowest BCUT2D eigenvalue weighted by molar-refractivity contribution is 0.0884. The van der Waals surface area contributed by atoms with Crippen LogP contribution in [0, 0.1) is 5.92 Å². The highest BCUT2D eigenvalue weighted by molar-refractivity contribution is 9.10. The summed E-state index contributed by atoms with van der Waals surface area (Å²) in [6, 6.07) is 7.93. The summed E-state index contributed by atoms with van der Waals surface area (Å²) >= 11 is 3.39. The van der Waals surface area contributed by atoms with Gasteiger partial charge in [0.15, 0.2) is 5.78 Å². The maximum absolute atomic E-state index is 12.2. The quantitative estimate of drug-likeness (QED) is 0.847. The van der Waals surface area contributed by atoms with Crippen LogP contribution in [0.3, 0.4) is 0 Å². The lowest BCUT2D eigenvalue weighted by Gasteiger charge is -2.24. The van der Waals surface area contributed by atoms with E-state index in [1.807, 2.05) is 24.3 Å². The van der Waals surface area contributed by atoms with E-state index in [1.165, 1.54) is 0 Å². The van der Waals surface area contributed by atoms with Crippen molar-refractivity contribution >= 4 is 21.7 Å². The fourth-order valence-corrected chi connectivity index (χ4v) is 2.66. The normalized spacial score (nSPS) is 25.4. The second-order valence-corrected chi connectivity index (χ2v) is 5.40. The number of halogens is 1. The summed E-state index contributed by atoms with van der Waals surface area (Å²) in [6.07, 6.45) is 3.83. The van der Waals surface area contributed by atoms with E-state index in [9.17, 15) is 4.79 Å². The Hall–Kier alpha value is -0.670. The van der Waals surface area contributed by atoms with E-state index in [1.54, 1.807) is 0 Å². The molecule has 1 aliphatic carbocycles. The molecule has 0 aromatic heterocycles. The topological polar surface area (TPSA) is 43.1 Å². The third-order valence-electron chi connectivity index (χ3n) is 3.25. The predicted octanol–water partition coefficient (Wildman–Crippen LogP) is 3.15. The molecule has 1 aromatic carbocycles. The van der Waals surface area contributed by atoms with Gasteiger partial charge in [-0.25, -0.2) is 0 Å². The average Bonchev–Trinajstić information content (AvgIpc) is 2.29. The van der Waals surface area contributed by atoms with Gasteiger partial charge in [-0.2, -0.15) is 0 Å². The monoisotopic (exact) mass is 281 g/mol. The molecule has 2 N–H and O–H groups in total. The van der Waals surface area contributed by atoms with E-state index >= 15 is 0 Å². The number of Topliss-reactive ketones (excluding diaryl/α,β-unsaturated/α-hetero) is 1. The zero-order valence-electron chi connectivity index (χ0n) is 9.16. The van der Waals surface area contributed by atoms with Gasteiger partial charge in [-0.1, -0.05) is 28.1 Å². The molecule has 3 heteroatoms. The first-order valence-corrected chi connectivity index (χ1v) is 6.51. The summed E-state index contributed by atoms with van der Waals surface area (Å²) in [5, 5.41) is 0. The molecule has 0 aliphatic heterocycles. The Morgan fingerprint density at radius 1 is 1.25 bits per heavy atom. The first-order chi connectivity index (χ1) is 7.66. The van der Waals surface area contributed by atoms with E-state index in [-0.39, 0.29) is 11.7 Å². The van der Waals surface area contributed by atoms with Gasteiger partial charge in [0.05, 0.1) is 0 Å². The second-order valence-electron chi connectivity index (χ2n) is 4.49. The van der Waals surface area contributed by atoms with Crippen LogP contribution in [-0.4, -0.2) is 11.8 Å². The highest BCUT2D eigenvalue weighted by atomic mass is 79.9. The Morgan fingerprint density at radius 2 is 1.94 bits per heavy atom. The van der Waals surface area contributed by atoms with Crippen molar-refractivity contribution in [2.45, 2.75) is 31.7 Å². The van der Waals surface area contributed by atoms with Crippen molar-refractivity contribution in [3.8, 4) is 0 Å². The van der Waals surface area contributed by atoms with Crippen molar-refractivity contribution in [2.75, 3.05) is 0 Å². The second kappa shape index (κ2) is 5.11. The van der Waals surface area contributed by atoms with Crippen LogP contribution < -0.4 is 5.73 Å². The molecule has 16 heavy (non-hydrogen) atoms. The number of rotatable bonds is 2. The Morgan fingerprint density at radius 3 is 2.56 bits per heavy atom. The molecule has 0 bridgehead atoms. The van der Waals surface area contributed by atoms with Crippen molar-refractivity contribution in [1.82, 2.24) is 0 Å². The molecular formula is C13H16BrNO. The summed E-state index contributed by atoms with van der Waals surface area (Å²) in [6.45, 7) is 0. The molecule has 2 nitrogen and oxygen atoms in total. The lowest BCUT2D eigenvalue weighted by atomic mass is 9.82. The third-order valence-corrected chi connectivity index (χ3v) is 3.75. The summed E-state index contributed by atoms with van der Waals surface area (Å²) in [5.41, 5.74) is 6.66. The largest absolute Gasteiger partial charge is 0.328 e. The van der Waals surface area contributed by atoms with Gasteiger partial charge in [-0.3, -0.25) is 4.79 Å². The summed E-state index contributed by atoms with van der Waals surface area (Å²) in [7, 11) is 0. The molecule has 0 unspecified atom stereocenters. The molecule has 1 aromatic rings. The number of hydrogen-bond acceptors (Lipinski definition) is 2. The summed E-state index contributed by atoms with van der Waals surface area (Å²) in [5.74, 6) is 0.447. The molecule has 1 saturated carbocycles. The maximum atomic E-state index is 12.2. The highest BCUT2D eigenvalue weighted by Gasteiger charge is 2.25. The van der Waals surface area contributed by atoms with Crippen LogP contribution in [0.15, 0.2) is 28.7 Å². The van der Waals surface area contributed by atoms with Gasteiger partial charge in [0, 0.05) is 22.0 Å². The van der Waals surface area contributed by atoms with E-state index in [0.29, 0.717) is 6.04 Å². The van der Waals surface area contributed by atoms with Gasteiger partial charge in [0.2, 0.25) is 0 Å². The number of ketones is 1. The van der Waals surface area contributed by atoms with Crippen molar-refractivity contribution in [1.29, 1.82) is 0 Å². The van der Waals surface area contributed by atoms with Crippen LogP contribution in [0.5, 0.6) is 0 Å². The van der Waals surface area contributed by atoms with Crippen molar-refractivity contribution < 1.29 is 4.79 Å². The van der Waals surface area contributed by atoms with Crippen LogP contribution in [0.1, 0.15) is 36.0 Å². The Labute approximate surface area is 104 Å². The fraction of sp³-hybridized carbons (Fsp3) is 0.462. The van der Waals surface area contributed by atoms with Crippen LogP contribution in [0.25, 0.3) is 0 Å². The molecule has 0 heterocycles. The van der Waals surface area contributed by atoms with E-state index in [4.69, 9.17) is 5.73 Å². The minimum absolute atomic E-state index is 0.175.